The minimum atomic E-state index is -0.628. The molecule has 8 heteroatoms. The lowest BCUT2D eigenvalue weighted by molar-refractivity contribution is 0.102. The topological polar surface area (TPSA) is 67.8 Å². The van der Waals surface area contributed by atoms with Crippen LogP contribution in [0.15, 0.2) is 18.5 Å². The first-order valence-corrected chi connectivity index (χ1v) is 5.21. The van der Waals surface area contributed by atoms with Gasteiger partial charge >= 0.3 is 0 Å². The summed E-state index contributed by atoms with van der Waals surface area (Å²) >= 11 is 6.67. The van der Waals surface area contributed by atoms with Crippen LogP contribution in [0.2, 0.25) is 5.15 Å². The summed E-state index contributed by atoms with van der Waals surface area (Å²) in [6.45, 7) is 0. The molecule has 0 atom stereocenters. The number of hydrogen-bond donors (Lipinski definition) is 1. The van der Waals surface area contributed by atoms with Crippen LogP contribution in [0.3, 0.4) is 0 Å². The van der Waals surface area contributed by atoms with E-state index in [4.69, 9.17) is 11.6 Å². The second kappa shape index (κ2) is 4.50. The molecule has 1 N–H and O–H groups in total. The zero-order valence-corrected chi connectivity index (χ0v) is 9.22. The summed E-state index contributed by atoms with van der Waals surface area (Å²) in [5, 5.41) is 6.40. The smallest absolute Gasteiger partial charge is 0.259 e. The summed E-state index contributed by atoms with van der Waals surface area (Å²) in [6, 6.07) is 1.01. The Morgan fingerprint density at radius 3 is 3.00 bits per heavy atom. The maximum Gasteiger partial charge on any atom is 0.259 e. The van der Waals surface area contributed by atoms with Crippen LogP contribution in [0.4, 0.5) is 9.39 Å². The van der Waals surface area contributed by atoms with E-state index in [1.165, 1.54) is 6.20 Å². The molecule has 2 rings (SSSR count). The standard InChI is InChI=1S/C8H4ClFN4OS/c9-7-5(1-4(10)2-11-7)8(15)13-6-3-12-14-16-6/h1-3H,(H,13,15). The first-order chi connectivity index (χ1) is 7.66. The van der Waals surface area contributed by atoms with E-state index in [-0.39, 0.29) is 10.7 Å². The average molecular weight is 259 g/mol. The molecule has 0 bridgehead atoms. The number of rotatable bonds is 2. The van der Waals surface area contributed by atoms with Crippen molar-refractivity contribution < 1.29 is 9.18 Å². The van der Waals surface area contributed by atoms with Gasteiger partial charge in [0.1, 0.15) is 16.0 Å². The molecule has 0 unspecified atom stereocenters. The molecule has 0 radical (unpaired) electrons. The van der Waals surface area contributed by atoms with Crippen molar-refractivity contribution in [2.24, 2.45) is 0 Å². The third kappa shape index (κ3) is 2.31. The first-order valence-electron chi connectivity index (χ1n) is 4.06. The normalized spacial score (nSPS) is 10.1. The Morgan fingerprint density at radius 1 is 1.50 bits per heavy atom. The largest absolute Gasteiger partial charge is 0.311 e. The van der Waals surface area contributed by atoms with E-state index in [0.29, 0.717) is 5.00 Å². The molecule has 0 saturated heterocycles. The monoisotopic (exact) mass is 258 g/mol. The molecular weight excluding hydrogens is 255 g/mol. The summed E-state index contributed by atoms with van der Waals surface area (Å²) in [6.07, 6.45) is 2.32. The highest BCUT2D eigenvalue weighted by atomic mass is 35.5. The van der Waals surface area contributed by atoms with Gasteiger partial charge in [-0.05, 0) is 6.07 Å². The molecule has 0 aliphatic carbocycles. The van der Waals surface area contributed by atoms with Crippen LogP contribution < -0.4 is 5.32 Å². The molecule has 0 aromatic carbocycles. The number of carbonyl (C=O) groups excluding carboxylic acids is 1. The van der Waals surface area contributed by atoms with Crippen molar-refractivity contribution in [3.05, 3.63) is 35.0 Å². The zero-order valence-electron chi connectivity index (χ0n) is 7.65. The van der Waals surface area contributed by atoms with Crippen LogP contribution >= 0.6 is 23.1 Å². The molecule has 0 saturated carbocycles. The summed E-state index contributed by atoms with van der Waals surface area (Å²) < 4.78 is 16.4. The fraction of sp³-hybridized carbons (Fsp3) is 0. The summed E-state index contributed by atoms with van der Waals surface area (Å²) in [5.74, 6) is -1.18. The number of anilines is 1. The van der Waals surface area contributed by atoms with Crippen LogP contribution in [-0.4, -0.2) is 20.5 Å². The van der Waals surface area contributed by atoms with Gasteiger partial charge in [-0.15, -0.1) is 5.10 Å². The predicted molar refractivity (Wildman–Crippen MR) is 57.1 cm³/mol. The van der Waals surface area contributed by atoms with Crippen LogP contribution in [0.1, 0.15) is 10.4 Å². The van der Waals surface area contributed by atoms with E-state index < -0.39 is 11.7 Å². The summed E-state index contributed by atoms with van der Waals surface area (Å²) in [5.41, 5.74) is -0.0323. The van der Waals surface area contributed by atoms with Crippen molar-refractivity contribution in [2.45, 2.75) is 0 Å². The molecule has 2 heterocycles. The number of hydrogen-bond acceptors (Lipinski definition) is 5. The Hall–Kier alpha value is -1.60. The van der Waals surface area contributed by atoms with Crippen molar-refractivity contribution in [2.75, 3.05) is 5.32 Å². The third-order valence-corrected chi connectivity index (χ3v) is 2.53. The molecule has 0 fully saturated rings. The average Bonchev–Trinajstić information content (AvgIpc) is 2.74. The van der Waals surface area contributed by atoms with Gasteiger partial charge in [0.15, 0.2) is 0 Å². The van der Waals surface area contributed by atoms with Crippen LogP contribution in [0, 0.1) is 5.82 Å². The van der Waals surface area contributed by atoms with Gasteiger partial charge in [-0.3, -0.25) is 4.79 Å². The number of amides is 1. The van der Waals surface area contributed by atoms with Crippen LogP contribution in [-0.2, 0) is 0 Å². The van der Waals surface area contributed by atoms with Gasteiger partial charge in [-0.1, -0.05) is 16.1 Å². The van der Waals surface area contributed by atoms with Gasteiger partial charge in [0.05, 0.1) is 18.0 Å². The molecular formula is C8H4ClFN4OS. The van der Waals surface area contributed by atoms with Crippen molar-refractivity contribution in [1.82, 2.24) is 14.6 Å². The molecule has 0 aliphatic rings. The lowest BCUT2D eigenvalue weighted by Crippen LogP contribution is -2.12. The summed E-state index contributed by atoms with van der Waals surface area (Å²) in [4.78, 5) is 15.2. The van der Waals surface area contributed by atoms with Gasteiger partial charge in [-0.25, -0.2) is 9.37 Å². The highest BCUT2D eigenvalue weighted by molar-refractivity contribution is 7.10. The highest BCUT2D eigenvalue weighted by Gasteiger charge is 2.13. The van der Waals surface area contributed by atoms with Gasteiger partial charge < -0.3 is 5.32 Å². The summed E-state index contributed by atoms with van der Waals surface area (Å²) in [7, 11) is 0. The van der Waals surface area contributed by atoms with Gasteiger partial charge in [0.25, 0.3) is 5.91 Å². The van der Waals surface area contributed by atoms with Crippen molar-refractivity contribution >= 4 is 34.0 Å². The fourth-order valence-corrected chi connectivity index (χ4v) is 1.59. The molecule has 1 amide bonds. The number of halogens is 2. The number of nitrogens with one attached hydrogen (secondary N) is 1. The Kier molecular flexibility index (Phi) is 3.07. The van der Waals surface area contributed by atoms with Gasteiger partial charge in [0, 0.05) is 11.5 Å². The lowest BCUT2D eigenvalue weighted by atomic mass is 10.2. The molecule has 0 aliphatic heterocycles. The SMILES string of the molecule is O=C(Nc1cnns1)c1cc(F)cnc1Cl. The number of aromatic nitrogens is 3. The van der Waals surface area contributed by atoms with Gasteiger partial charge in [-0.2, -0.15) is 0 Å². The number of carbonyl (C=O) groups is 1. The quantitative estimate of drug-likeness (QED) is 0.837. The van der Waals surface area contributed by atoms with E-state index in [2.05, 4.69) is 19.9 Å². The Bertz CT molecular complexity index is 519. The minimum Gasteiger partial charge on any atom is -0.311 e. The second-order valence-corrected chi connectivity index (χ2v) is 3.87. The Morgan fingerprint density at radius 2 is 2.31 bits per heavy atom. The van der Waals surface area contributed by atoms with E-state index in [1.54, 1.807) is 0 Å². The molecule has 0 spiro atoms. The van der Waals surface area contributed by atoms with Gasteiger partial charge in [0.2, 0.25) is 0 Å². The van der Waals surface area contributed by atoms with Crippen molar-refractivity contribution in [3.63, 3.8) is 0 Å². The van der Waals surface area contributed by atoms with E-state index >= 15 is 0 Å². The molecule has 2 aromatic rings. The van der Waals surface area contributed by atoms with Crippen LogP contribution in [0.25, 0.3) is 0 Å². The predicted octanol–water partition coefficient (Wildman–Crippen LogP) is 1.98. The minimum absolute atomic E-state index is 0.0323. The molecule has 2 aromatic heterocycles. The maximum atomic E-state index is 12.9. The number of nitrogens with zero attached hydrogens (tertiary/aromatic N) is 3. The van der Waals surface area contributed by atoms with E-state index in [0.717, 1.165) is 23.8 Å². The van der Waals surface area contributed by atoms with Crippen molar-refractivity contribution in [3.8, 4) is 0 Å². The van der Waals surface area contributed by atoms with Crippen LogP contribution in [0.5, 0.6) is 0 Å². The second-order valence-electron chi connectivity index (χ2n) is 2.73. The number of pyridine rings is 1. The zero-order chi connectivity index (χ0) is 11.5. The Balaban J connectivity index is 2.24. The molecule has 5 nitrogen and oxygen atoms in total. The third-order valence-electron chi connectivity index (χ3n) is 1.65. The molecule has 82 valence electrons. The van der Waals surface area contributed by atoms with E-state index in [1.807, 2.05) is 0 Å². The maximum absolute atomic E-state index is 12.9. The Labute approximate surface area is 98.4 Å². The fourth-order valence-electron chi connectivity index (χ4n) is 0.983. The lowest BCUT2D eigenvalue weighted by Gasteiger charge is -2.02. The van der Waals surface area contributed by atoms with Crippen molar-refractivity contribution in [1.29, 1.82) is 0 Å². The first kappa shape index (κ1) is 10.9. The van der Waals surface area contributed by atoms with E-state index in [9.17, 15) is 9.18 Å². The molecule has 16 heavy (non-hydrogen) atoms. The highest BCUT2D eigenvalue weighted by Crippen LogP contribution is 2.17.